The zero-order valence-corrected chi connectivity index (χ0v) is 20.1. The number of aromatic amines is 1. The molecule has 8 heteroatoms. The van der Waals surface area contributed by atoms with Gasteiger partial charge in [0.2, 0.25) is 0 Å². The predicted octanol–water partition coefficient (Wildman–Crippen LogP) is 4.96. The van der Waals surface area contributed by atoms with Crippen LogP contribution in [-0.2, 0) is 7.05 Å². The second kappa shape index (κ2) is 9.42. The molecule has 8 nitrogen and oxygen atoms in total. The summed E-state index contributed by atoms with van der Waals surface area (Å²) in [6.07, 6.45) is 5.52. The fourth-order valence-corrected chi connectivity index (χ4v) is 4.02. The molecule has 2 N–H and O–H groups in total. The van der Waals surface area contributed by atoms with Gasteiger partial charge in [0, 0.05) is 35.4 Å². The van der Waals surface area contributed by atoms with Crippen LogP contribution in [0.3, 0.4) is 0 Å². The lowest BCUT2D eigenvalue weighted by Gasteiger charge is -2.11. The summed E-state index contributed by atoms with van der Waals surface area (Å²) in [6.45, 7) is 3.71. The maximum absolute atomic E-state index is 13.3. The molecular formula is C28H24N6O2. The number of pyridine rings is 1. The Morgan fingerprint density at radius 2 is 1.78 bits per heavy atom. The number of hydrogen-bond donors (Lipinski definition) is 2. The number of fused-ring (bicyclic) bond motifs is 1. The topological polar surface area (TPSA) is 106 Å². The highest BCUT2D eigenvalue weighted by molar-refractivity contribution is 6.12. The Morgan fingerprint density at radius 3 is 2.53 bits per heavy atom. The van der Waals surface area contributed by atoms with Gasteiger partial charge in [-0.2, -0.15) is 10.2 Å². The first-order valence-corrected chi connectivity index (χ1v) is 11.4. The van der Waals surface area contributed by atoms with Crippen LogP contribution in [-0.4, -0.2) is 36.7 Å². The summed E-state index contributed by atoms with van der Waals surface area (Å²) in [4.78, 5) is 30.4. The van der Waals surface area contributed by atoms with Crippen molar-refractivity contribution in [3.63, 3.8) is 0 Å². The number of carbonyl (C=O) groups excluding carboxylic acids is 2. The Hall–Kier alpha value is -4.85. The van der Waals surface area contributed by atoms with Gasteiger partial charge in [0.1, 0.15) is 5.69 Å². The number of amides is 1. The van der Waals surface area contributed by atoms with Gasteiger partial charge in [0.25, 0.3) is 5.91 Å². The van der Waals surface area contributed by atoms with Gasteiger partial charge in [0.05, 0.1) is 22.6 Å². The predicted molar refractivity (Wildman–Crippen MR) is 140 cm³/mol. The summed E-state index contributed by atoms with van der Waals surface area (Å²) in [6, 6.07) is 18.2. The smallest absolute Gasteiger partial charge is 0.273 e. The largest absolute Gasteiger partial charge is 0.320 e. The van der Waals surface area contributed by atoms with Crippen molar-refractivity contribution < 1.29 is 9.59 Å². The number of rotatable bonds is 6. The molecule has 0 radical (unpaired) electrons. The number of hydrogen-bond acceptors (Lipinski definition) is 5. The van der Waals surface area contributed by atoms with Gasteiger partial charge < -0.3 is 5.32 Å². The van der Waals surface area contributed by atoms with E-state index in [1.807, 2.05) is 56.3 Å². The average Bonchev–Trinajstić information content (AvgIpc) is 3.45. The van der Waals surface area contributed by atoms with E-state index in [9.17, 15) is 9.59 Å². The lowest BCUT2D eigenvalue weighted by atomic mass is 9.99. The van der Waals surface area contributed by atoms with Crippen molar-refractivity contribution in [2.45, 2.75) is 13.8 Å². The van der Waals surface area contributed by atoms with E-state index in [0.29, 0.717) is 22.5 Å². The molecule has 0 aliphatic rings. The van der Waals surface area contributed by atoms with E-state index in [1.54, 1.807) is 43.6 Å². The second-order valence-corrected chi connectivity index (χ2v) is 8.56. The average molecular weight is 477 g/mol. The Morgan fingerprint density at radius 1 is 0.972 bits per heavy atom. The number of benzene rings is 2. The lowest BCUT2D eigenvalue weighted by Crippen LogP contribution is -2.17. The van der Waals surface area contributed by atoms with Crippen LogP contribution in [0.1, 0.15) is 49.1 Å². The summed E-state index contributed by atoms with van der Waals surface area (Å²) in [5.41, 5.74) is 5.99. The van der Waals surface area contributed by atoms with Crippen LogP contribution in [0.2, 0.25) is 0 Å². The van der Waals surface area contributed by atoms with Crippen molar-refractivity contribution in [2.24, 2.45) is 7.05 Å². The number of aromatic nitrogens is 5. The van der Waals surface area contributed by atoms with Gasteiger partial charge in [-0.15, -0.1) is 0 Å². The molecule has 5 aromatic rings. The van der Waals surface area contributed by atoms with E-state index in [0.717, 1.165) is 33.5 Å². The molecule has 5 rings (SSSR count). The van der Waals surface area contributed by atoms with Gasteiger partial charge in [-0.05, 0) is 68.0 Å². The minimum absolute atomic E-state index is 0.149. The molecule has 0 fully saturated rings. The first kappa shape index (κ1) is 22.9. The monoisotopic (exact) mass is 476 g/mol. The maximum Gasteiger partial charge on any atom is 0.273 e. The van der Waals surface area contributed by atoms with Crippen molar-refractivity contribution in [3.8, 4) is 0 Å². The van der Waals surface area contributed by atoms with Crippen molar-refractivity contribution >= 4 is 40.4 Å². The third kappa shape index (κ3) is 4.56. The Labute approximate surface area is 207 Å². The molecule has 0 saturated carbocycles. The highest BCUT2D eigenvalue weighted by atomic mass is 16.2. The Balaban J connectivity index is 1.39. The molecule has 178 valence electrons. The third-order valence-electron chi connectivity index (χ3n) is 5.94. The molecule has 3 aromatic heterocycles. The number of ketones is 1. The van der Waals surface area contributed by atoms with Crippen molar-refractivity contribution in [1.29, 1.82) is 0 Å². The van der Waals surface area contributed by atoms with E-state index in [2.05, 4.69) is 25.6 Å². The van der Waals surface area contributed by atoms with Crippen LogP contribution < -0.4 is 5.32 Å². The molecule has 0 aliphatic heterocycles. The zero-order valence-electron chi connectivity index (χ0n) is 20.1. The normalized spacial score (nSPS) is 11.3. The molecule has 0 atom stereocenters. The van der Waals surface area contributed by atoms with Crippen LogP contribution in [0.25, 0.3) is 23.1 Å². The van der Waals surface area contributed by atoms with Gasteiger partial charge in [-0.25, -0.2) is 0 Å². The summed E-state index contributed by atoms with van der Waals surface area (Å²) in [5, 5.41) is 15.4. The summed E-state index contributed by atoms with van der Waals surface area (Å²) < 4.78 is 1.54. The van der Waals surface area contributed by atoms with Crippen molar-refractivity contribution in [3.05, 3.63) is 106 Å². The second-order valence-electron chi connectivity index (χ2n) is 8.56. The molecular weight excluding hydrogens is 452 g/mol. The number of anilines is 1. The highest BCUT2D eigenvalue weighted by Crippen LogP contribution is 2.24. The fourth-order valence-electron chi connectivity index (χ4n) is 4.02. The number of nitrogens with one attached hydrogen (secondary N) is 2. The molecule has 36 heavy (non-hydrogen) atoms. The van der Waals surface area contributed by atoms with E-state index < -0.39 is 0 Å². The molecule has 0 aliphatic carbocycles. The van der Waals surface area contributed by atoms with E-state index in [4.69, 9.17) is 0 Å². The van der Waals surface area contributed by atoms with Crippen LogP contribution in [0.5, 0.6) is 0 Å². The SMILES string of the molecule is Cc1cc(C(=O)Nc2cc(C(=O)c3ccc4c(C=Cc5ccccn5)n[nH]c4c3)ccc2C)n(C)n1. The molecule has 0 saturated heterocycles. The van der Waals surface area contributed by atoms with Gasteiger partial charge in [-0.1, -0.05) is 24.3 Å². The van der Waals surface area contributed by atoms with Crippen molar-refractivity contribution in [2.75, 3.05) is 5.32 Å². The first-order chi connectivity index (χ1) is 17.4. The van der Waals surface area contributed by atoms with E-state index >= 15 is 0 Å². The van der Waals surface area contributed by atoms with Crippen LogP contribution >= 0.6 is 0 Å². The third-order valence-corrected chi connectivity index (χ3v) is 5.94. The Kier molecular flexibility index (Phi) is 6.00. The number of nitrogens with zero attached hydrogens (tertiary/aromatic N) is 4. The molecule has 1 amide bonds. The summed E-state index contributed by atoms with van der Waals surface area (Å²) in [5.74, 6) is -0.431. The molecule has 0 bridgehead atoms. The fraction of sp³-hybridized carbons (Fsp3) is 0.107. The molecule has 0 unspecified atom stereocenters. The minimum atomic E-state index is -0.282. The van der Waals surface area contributed by atoms with Gasteiger partial charge in [0.15, 0.2) is 5.78 Å². The standard InChI is InChI=1S/C28H24N6O2/c1-17-7-8-19(15-24(17)30-28(36)26-14-18(2)33-34(26)3)27(35)20-9-11-22-23(31-32-25(22)16-20)12-10-21-6-4-5-13-29-21/h4-16H,1-3H3,(H,30,36)(H,31,32). The zero-order chi connectivity index (χ0) is 25.2. The maximum atomic E-state index is 13.3. The number of H-pyrrole nitrogens is 1. The number of aryl methyl sites for hydroxylation is 3. The van der Waals surface area contributed by atoms with Crippen LogP contribution in [0, 0.1) is 13.8 Å². The van der Waals surface area contributed by atoms with E-state index in [-0.39, 0.29) is 11.7 Å². The minimum Gasteiger partial charge on any atom is -0.320 e. The summed E-state index contributed by atoms with van der Waals surface area (Å²) in [7, 11) is 1.72. The van der Waals surface area contributed by atoms with E-state index in [1.165, 1.54) is 4.68 Å². The quantitative estimate of drug-likeness (QED) is 0.337. The Bertz CT molecular complexity index is 1630. The van der Waals surface area contributed by atoms with Crippen LogP contribution in [0.15, 0.2) is 66.9 Å². The molecule has 2 aromatic carbocycles. The van der Waals surface area contributed by atoms with Crippen LogP contribution in [0.4, 0.5) is 5.69 Å². The highest BCUT2D eigenvalue weighted by Gasteiger charge is 2.16. The molecule has 3 heterocycles. The number of carbonyl (C=O) groups is 2. The molecule has 0 spiro atoms. The van der Waals surface area contributed by atoms with Gasteiger partial charge >= 0.3 is 0 Å². The summed E-state index contributed by atoms with van der Waals surface area (Å²) >= 11 is 0. The first-order valence-electron chi connectivity index (χ1n) is 11.4. The van der Waals surface area contributed by atoms with Gasteiger partial charge in [-0.3, -0.25) is 24.4 Å². The van der Waals surface area contributed by atoms with Crippen molar-refractivity contribution in [1.82, 2.24) is 25.0 Å². The lowest BCUT2D eigenvalue weighted by molar-refractivity contribution is 0.101.